The highest BCUT2D eigenvalue weighted by Gasteiger charge is 2.15. The van der Waals surface area contributed by atoms with Crippen LogP contribution in [0, 0.1) is 74.0 Å². The number of hydrogen-bond donors (Lipinski definition) is 6. The van der Waals surface area contributed by atoms with Gasteiger partial charge < -0.3 is 31.9 Å². The first-order chi connectivity index (χ1) is 39.4. The summed E-state index contributed by atoms with van der Waals surface area (Å²) in [6.45, 7) is 7.26. The van der Waals surface area contributed by atoms with Crippen molar-refractivity contribution in [3.8, 4) is 0 Å². The number of nitrogens with one attached hydrogen (secondary N) is 6. The number of amides is 6. The standard InChI is InChI=1S/C16H14FNO3.C15H15N3O3.C14H13N3O3.C13H9Cl2N3O3/c1-11-7-15(18(20)21)6-5-13(11)10-16(19)9-12-3-2-4-14(17)8-12;1-10-4-3-5-11(2)14(10)17-15(19)16-12-6-8-13(9-7-12)18(20)21;1-10-9-12(17(19)20)7-8-13(10)16-14(18)15-11-5-3-2-4-6-11;14-8-2-1-3-9(6-8)16-13(19)17-12-5-4-10(18(20)21)7-11(12)15/h2-8H,9-10H2,1H3;3-9H,1-2H3,(H2,16,17,19);2-9H,1H3,(H2,15,16,18);1-7H,(H2,16,17,19). The maximum atomic E-state index is 13.1. The highest BCUT2D eigenvalue weighted by molar-refractivity contribution is 6.34. The summed E-state index contributed by atoms with van der Waals surface area (Å²) < 4.78 is 13.1. The van der Waals surface area contributed by atoms with E-state index in [2.05, 4.69) is 31.9 Å². The van der Waals surface area contributed by atoms with Crippen LogP contribution in [0.4, 0.5) is 75.6 Å². The highest BCUT2D eigenvalue weighted by atomic mass is 35.5. The number of para-hydroxylation sites is 2. The minimum atomic E-state index is -0.568. The summed E-state index contributed by atoms with van der Waals surface area (Å²) in [5, 5.41) is 58.8. The smallest absolute Gasteiger partial charge is 0.308 e. The van der Waals surface area contributed by atoms with Gasteiger partial charge in [0, 0.05) is 94.8 Å². The number of nitrogens with zero attached hydrogens (tertiary/aromatic N) is 4. The molecule has 0 aliphatic rings. The largest absolute Gasteiger partial charge is 0.323 e. The van der Waals surface area contributed by atoms with Gasteiger partial charge in [0.15, 0.2) is 0 Å². The van der Waals surface area contributed by atoms with Crippen LogP contribution in [0.5, 0.6) is 0 Å². The number of hydrogen-bond acceptors (Lipinski definition) is 12. The third-order valence-corrected chi connectivity index (χ3v) is 12.0. The Labute approximate surface area is 483 Å². The van der Waals surface area contributed by atoms with Gasteiger partial charge >= 0.3 is 18.1 Å². The zero-order valence-corrected chi connectivity index (χ0v) is 46.0. The Morgan fingerprint density at radius 3 is 1.43 bits per heavy atom. The molecule has 8 aromatic rings. The number of nitro benzene ring substituents is 4. The van der Waals surface area contributed by atoms with Crippen LogP contribution in [0.25, 0.3) is 0 Å². The Morgan fingerprint density at radius 1 is 0.422 bits per heavy atom. The lowest BCUT2D eigenvalue weighted by molar-refractivity contribution is -0.385. The fourth-order valence-electron chi connectivity index (χ4n) is 7.37. The highest BCUT2D eigenvalue weighted by Crippen LogP contribution is 2.28. The first-order valence-electron chi connectivity index (χ1n) is 24.5. The van der Waals surface area contributed by atoms with Crippen LogP contribution in [0.2, 0.25) is 10.0 Å². The predicted octanol–water partition coefficient (Wildman–Crippen LogP) is 15.3. The van der Waals surface area contributed by atoms with E-state index in [0.29, 0.717) is 44.5 Å². The van der Waals surface area contributed by atoms with Crippen LogP contribution in [-0.4, -0.2) is 43.6 Å². The number of carbonyl (C=O) groups is 4. The lowest BCUT2D eigenvalue weighted by atomic mass is 9.99. The summed E-state index contributed by atoms with van der Waals surface area (Å²) in [7, 11) is 0. The van der Waals surface area contributed by atoms with Crippen molar-refractivity contribution in [1.29, 1.82) is 0 Å². The zero-order chi connectivity index (χ0) is 60.8. The molecule has 22 nitrogen and oxygen atoms in total. The van der Waals surface area contributed by atoms with E-state index >= 15 is 0 Å². The van der Waals surface area contributed by atoms with Gasteiger partial charge in [0.25, 0.3) is 22.7 Å². The van der Waals surface area contributed by atoms with E-state index in [1.165, 1.54) is 78.9 Å². The number of carbonyl (C=O) groups excluding carboxylic acids is 4. The molecule has 83 heavy (non-hydrogen) atoms. The van der Waals surface area contributed by atoms with E-state index < -0.39 is 31.8 Å². The van der Waals surface area contributed by atoms with Crippen LogP contribution in [0.1, 0.15) is 33.4 Å². The van der Waals surface area contributed by atoms with Gasteiger partial charge in [0.1, 0.15) is 11.6 Å². The number of halogens is 3. The van der Waals surface area contributed by atoms with E-state index in [-0.39, 0.29) is 63.9 Å². The van der Waals surface area contributed by atoms with Gasteiger partial charge in [-0.15, -0.1) is 0 Å². The van der Waals surface area contributed by atoms with Gasteiger partial charge in [0.2, 0.25) is 0 Å². The Morgan fingerprint density at radius 2 is 0.892 bits per heavy atom. The lowest BCUT2D eigenvalue weighted by Gasteiger charge is -2.12. The molecule has 0 heterocycles. The molecule has 0 radical (unpaired) electrons. The fraction of sp³-hybridized carbons (Fsp3) is 0.103. The number of Topliss-reactive ketones (excluding diaryl/α,β-unsaturated/α-hetero) is 1. The topological polar surface area (TPSA) is 313 Å². The zero-order valence-electron chi connectivity index (χ0n) is 44.5. The van der Waals surface area contributed by atoms with E-state index in [9.17, 15) is 64.0 Å². The minimum Gasteiger partial charge on any atom is -0.308 e. The number of urea groups is 3. The molecule has 0 saturated carbocycles. The van der Waals surface area contributed by atoms with Crippen molar-refractivity contribution < 1.29 is 43.3 Å². The van der Waals surface area contributed by atoms with Crippen molar-refractivity contribution in [2.75, 3.05) is 31.9 Å². The lowest BCUT2D eigenvalue weighted by Crippen LogP contribution is -2.20. The third-order valence-electron chi connectivity index (χ3n) is 11.5. The van der Waals surface area contributed by atoms with Crippen molar-refractivity contribution in [2.45, 2.75) is 40.5 Å². The molecule has 0 fully saturated rings. The summed E-state index contributed by atoms with van der Waals surface area (Å²) in [5.74, 6) is -0.427. The molecule has 8 rings (SSSR count). The molecule has 0 aliphatic carbocycles. The molecule has 0 aromatic heterocycles. The van der Waals surface area contributed by atoms with E-state index in [0.717, 1.165) is 28.4 Å². The summed E-state index contributed by atoms with van der Waals surface area (Å²) in [5.41, 5.74) is 7.71. The van der Waals surface area contributed by atoms with Crippen LogP contribution in [0.3, 0.4) is 0 Å². The van der Waals surface area contributed by atoms with E-state index in [1.807, 2.05) is 50.2 Å². The maximum absolute atomic E-state index is 13.1. The number of nitro groups is 4. The van der Waals surface area contributed by atoms with Crippen molar-refractivity contribution >= 4 is 104 Å². The summed E-state index contributed by atoms with van der Waals surface area (Å²) >= 11 is 11.7. The quantitative estimate of drug-likeness (QED) is 0.0437. The molecule has 0 atom stereocenters. The molecule has 8 aromatic carbocycles. The molecule has 426 valence electrons. The van der Waals surface area contributed by atoms with Crippen molar-refractivity contribution in [3.63, 3.8) is 0 Å². The number of non-ortho nitro benzene ring substituents is 4. The van der Waals surface area contributed by atoms with Gasteiger partial charge in [-0.25, -0.2) is 18.8 Å². The second-order valence-electron chi connectivity index (χ2n) is 17.8. The van der Waals surface area contributed by atoms with Gasteiger partial charge in [-0.3, -0.25) is 45.3 Å². The van der Waals surface area contributed by atoms with E-state index in [1.54, 1.807) is 68.4 Å². The molecular formula is C58H51Cl2FN10O12. The minimum absolute atomic E-state index is 0.00322. The van der Waals surface area contributed by atoms with Gasteiger partial charge in [-0.05, 0) is 128 Å². The van der Waals surface area contributed by atoms with Gasteiger partial charge in [0.05, 0.1) is 30.4 Å². The van der Waals surface area contributed by atoms with Crippen LogP contribution >= 0.6 is 23.2 Å². The Balaban J connectivity index is 0.000000203. The van der Waals surface area contributed by atoms with Crippen molar-refractivity contribution in [1.82, 2.24) is 0 Å². The Hall–Kier alpha value is -10.7. The predicted molar refractivity (Wildman–Crippen MR) is 317 cm³/mol. The number of aryl methyl sites for hydroxylation is 4. The number of anilines is 6. The second kappa shape index (κ2) is 30.6. The molecule has 0 spiro atoms. The SMILES string of the molecule is Cc1cc([N+](=O)[O-])ccc1CC(=O)Cc1cccc(F)c1.Cc1cc([N+](=O)[O-])ccc1NC(=O)Nc1ccccc1.Cc1cccc(C)c1NC(=O)Nc1ccc([N+](=O)[O-])cc1.O=C(Nc1cccc(Cl)c1)Nc1ccc([N+](=O)[O-])cc1Cl. The first kappa shape index (κ1) is 63.2. The molecule has 0 aliphatic heterocycles. The average Bonchev–Trinajstić information content (AvgIpc) is 3.43. The summed E-state index contributed by atoms with van der Waals surface area (Å²) in [4.78, 5) is 88.0. The number of rotatable bonds is 14. The average molecular weight is 1170 g/mol. The summed E-state index contributed by atoms with van der Waals surface area (Å²) in [6, 6.07) is 44.1. The normalized spacial score (nSPS) is 10.1. The van der Waals surface area contributed by atoms with Crippen molar-refractivity contribution in [2.24, 2.45) is 0 Å². The van der Waals surface area contributed by atoms with Crippen LogP contribution in [-0.2, 0) is 17.6 Å². The third kappa shape index (κ3) is 20.8. The number of ketones is 1. The molecule has 25 heteroatoms. The first-order valence-corrected chi connectivity index (χ1v) is 25.2. The molecule has 6 amide bonds. The van der Waals surface area contributed by atoms with Gasteiger partial charge in [-0.1, -0.05) is 83.9 Å². The fourth-order valence-corrected chi connectivity index (χ4v) is 7.79. The Bertz CT molecular complexity index is 3550. The molecule has 0 saturated heterocycles. The molecule has 6 N–H and O–H groups in total. The maximum Gasteiger partial charge on any atom is 0.323 e. The monoisotopic (exact) mass is 1170 g/mol. The molecule has 0 bridgehead atoms. The van der Waals surface area contributed by atoms with Gasteiger partial charge in [-0.2, -0.15) is 0 Å². The summed E-state index contributed by atoms with van der Waals surface area (Å²) in [6.07, 6.45) is 0.328. The number of benzene rings is 8. The van der Waals surface area contributed by atoms with E-state index in [4.69, 9.17) is 23.2 Å². The van der Waals surface area contributed by atoms with Crippen molar-refractivity contribution in [3.05, 3.63) is 266 Å². The molecular weight excluding hydrogens is 1120 g/mol. The Kier molecular flexibility index (Phi) is 23.3. The molecule has 0 unspecified atom stereocenters. The van der Waals surface area contributed by atoms with Crippen LogP contribution in [0.15, 0.2) is 176 Å². The second-order valence-corrected chi connectivity index (χ2v) is 18.6. The van der Waals surface area contributed by atoms with Crippen LogP contribution < -0.4 is 31.9 Å².